The van der Waals surface area contributed by atoms with Crippen LogP contribution < -0.4 is 0 Å². The Bertz CT molecular complexity index is 271. The lowest BCUT2D eigenvalue weighted by Crippen LogP contribution is -2.05. The van der Waals surface area contributed by atoms with Gasteiger partial charge < -0.3 is 4.74 Å². The lowest BCUT2D eigenvalue weighted by Gasteiger charge is -2.02. The molecule has 0 aromatic carbocycles. The highest BCUT2D eigenvalue weighted by Gasteiger charge is 2.03. The molecule has 11 heavy (non-hydrogen) atoms. The van der Waals surface area contributed by atoms with Crippen LogP contribution >= 0.6 is 0 Å². The summed E-state index contributed by atoms with van der Waals surface area (Å²) in [6, 6.07) is 3.73. The van der Waals surface area contributed by atoms with Crippen molar-refractivity contribution in [1.82, 2.24) is 4.98 Å². The first-order valence-corrected chi connectivity index (χ1v) is 3.30. The molecule has 3 nitrogen and oxygen atoms in total. The molecule has 0 bridgehead atoms. The number of hydrogen-bond acceptors (Lipinski definition) is 3. The van der Waals surface area contributed by atoms with Crippen LogP contribution in [0.5, 0.6) is 0 Å². The Kier molecular flexibility index (Phi) is 2.21. The number of nitrogens with zero attached hydrogens (tertiary/aromatic N) is 1. The maximum Gasteiger partial charge on any atom is 0.232 e. The topological polar surface area (TPSA) is 46.0 Å². The molecule has 0 atom stereocenters. The molecule has 1 aromatic heterocycles. The Morgan fingerprint density at radius 3 is 2.91 bits per heavy atom. The number of ether oxygens (including phenoxy) is 1. The second-order valence-corrected chi connectivity index (χ2v) is 2.20. The van der Waals surface area contributed by atoms with Crippen molar-refractivity contribution >= 4 is 5.90 Å². The smallest absolute Gasteiger partial charge is 0.232 e. The molecule has 0 fully saturated rings. The van der Waals surface area contributed by atoms with E-state index in [1.54, 1.807) is 6.20 Å². The second-order valence-electron chi connectivity index (χ2n) is 2.20. The van der Waals surface area contributed by atoms with Crippen LogP contribution in [0, 0.1) is 12.3 Å². The summed E-state index contributed by atoms with van der Waals surface area (Å²) in [5, 5.41) is 7.33. The van der Waals surface area contributed by atoms with Gasteiger partial charge in [0.15, 0.2) is 0 Å². The van der Waals surface area contributed by atoms with Gasteiger partial charge in [-0.15, -0.1) is 0 Å². The van der Waals surface area contributed by atoms with E-state index in [1.807, 2.05) is 19.1 Å². The van der Waals surface area contributed by atoms with Crippen molar-refractivity contribution in [3.63, 3.8) is 0 Å². The van der Waals surface area contributed by atoms with Crippen molar-refractivity contribution in [3.8, 4) is 0 Å². The van der Waals surface area contributed by atoms with Gasteiger partial charge in [0.1, 0.15) is 5.69 Å². The van der Waals surface area contributed by atoms with E-state index in [9.17, 15) is 0 Å². The van der Waals surface area contributed by atoms with Gasteiger partial charge in [-0.3, -0.25) is 10.4 Å². The zero-order valence-electron chi connectivity index (χ0n) is 6.59. The summed E-state index contributed by atoms with van der Waals surface area (Å²) in [6.45, 7) is 1.90. The third kappa shape index (κ3) is 1.55. The number of hydrogen-bond donors (Lipinski definition) is 1. The predicted octanol–water partition coefficient (Wildman–Crippen LogP) is 1.36. The van der Waals surface area contributed by atoms with Crippen LogP contribution in [0.2, 0.25) is 0 Å². The monoisotopic (exact) mass is 150 g/mol. The van der Waals surface area contributed by atoms with Gasteiger partial charge >= 0.3 is 0 Å². The van der Waals surface area contributed by atoms with Crippen LogP contribution in [-0.2, 0) is 4.74 Å². The zero-order valence-corrected chi connectivity index (χ0v) is 6.59. The van der Waals surface area contributed by atoms with E-state index < -0.39 is 0 Å². The molecule has 0 radical (unpaired) electrons. The Hall–Kier alpha value is -1.38. The summed E-state index contributed by atoms with van der Waals surface area (Å²) < 4.78 is 4.74. The molecular weight excluding hydrogens is 140 g/mol. The fraction of sp³-hybridized carbons (Fsp3) is 0.250. The van der Waals surface area contributed by atoms with E-state index in [0.29, 0.717) is 5.69 Å². The fourth-order valence-electron chi connectivity index (χ4n) is 0.820. The van der Waals surface area contributed by atoms with Gasteiger partial charge in [-0.05, 0) is 18.6 Å². The Labute approximate surface area is 65.5 Å². The number of pyridine rings is 1. The van der Waals surface area contributed by atoms with Crippen LogP contribution in [0.1, 0.15) is 11.3 Å². The van der Waals surface area contributed by atoms with Crippen molar-refractivity contribution in [2.75, 3.05) is 7.11 Å². The number of aryl methyl sites for hydroxylation is 1. The van der Waals surface area contributed by atoms with Gasteiger partial charge in [0.25, 0.3) is 0 Å². The molecule has 0 unspecified atom stereocenters. The third-order valence-electron chi connectivity index (χ3n) is 1.43. The van der Waals surface area contributed by atoms with Crippen molar-refractivity contribution in [2.45, 2.75) is 6.92 Å². The lowest BCUT2D eigenvalue weighted by atomic mass is 10.2. The summed E-state index contributed by atoms with van der Waals surface area (Å²) in [5.74, 6) is 0.114. The molecular formula is C8H10N2O. The van der Waals surface area contributed by atoms with E-state index in [1.165, 1.54) is 7.11 Å². The number of aromatic nitrogens is 1. The van der Waals surface area contributed by atoms with E-state index in [0.717, 1.165) is 5.56 Å². The SMILES string of the molecule is COC(=N)c1ncccc1C. The second kappa shape index (κ2) is 3.14. The molecule has 1 aromatic rings. The van der Waals surface area contributed by atoms with E-state index in [4.69, 9.17) is 10.1 Å². The third-order valence-corrected chi connectivity index (χ3v) is 1.43. The Balaban J connectivity index is 3.03. The zero-order chi connectivity index (χ0) is 8.27. The molecule has 1 N–H and O–H groups in total. The van der Waals surface area contributed by atoms with Gasteiger partial charge in [0.2, 0.25) is 5.90 Å². The Morgan fingerprint density at radius 1 is 1.64 bits per heavy atom. The molecule has 0 spiro atoms. The van der Waals surface area contributed by atoms with Gasteiger partial charge in [-0.1, -0.05) is 6.07 Å². The molecule has 0 amide bonds. The summed E-state index contributed by atoms with van der Waals surface area (Å²) in [5.41, 5.74) is 1.56. The van der Waals surface area contributed by atoms with E-state index in [-0.39, 0.29) is 5.90 Å². The molecule has 0 saturated heterocycles. The van der Waals surface area contributed by atoms with Gasteiger partial charge in [0.05, 0.1) is 7.11 Å². The standard InChI is InChI=1S/C8H10N2O/c1-6-4-3-5-10-7(6)8(9)11-2/h3-5,9H,1-2H3. The summed E-state index contributed by atoms with van der Waals surface area (Å²) in [6.07, 6.45) is 1.65. The fourth-order valence-corrected chi connectivity index (χ4v) is 0.820. The number of rotatable bonds is 1. The van der Waals surface area contributed by atoms with Crippen LogP contribution in [0.4, 0.5) is 0 Å². The minimum Gasteiger partial charge on any atom is -0.480 e. The van der Waals surface area contributed by atoms with Crippen molar-refractivity contribution in [3.05, 3.63) is 29.6 Å². The average Bonchev–Trinajstić information content (AvgIpc) is 2.04. The van der Waals surface area contributed by atoms with Gasteiger partial charge in [0, 0.05) is 6.20 Å². The van der Waals surface area contributed by atoms with Gasteiger partial charge in [-0.2, -0.15) is 0 Å². The van der Waals surface area contributed by atoms with E-state index >= 15 is 0 Å². The van der Waals surface area contributed by atoms with E-state index in [2.05, 4.69) is 4.98 Å². The normalized spacial score (nSPS) is 9.27. The van der Waals surface area contributed by atoms with Crippen molar-refractivity contribution in [2.24, 2.45) is 0 Å². The molecule has 3 heteroatoms. The lowest BCUT2D eigenvalue weighted by molar-refractivity contribution is 0.399. The summed E-state index contributed by atoms with van der Waals surface area (Å²) in [7, 11) is 1.47. The molecule has 0 aliphatic heterocycles. The molecule has 0 aliphatic carbocycles. The summed E-state index contributed by atoms with van der Waals surface area (Å²) in [4.78, 5) is 4.00. The van der Waals surface area contributed by atoms with Gasteiger partial charge in [-0.25, -0.2) is 0 Å². The highest BCUT2D eigenvalue weighted by Crippen LogP contribution is 2.03. The van der Waals surface area contributed by atoms with Crippen LogP contribution in [0.25, 0.3) is 0 Å². The summed E-state index contributed by atoms with van der Waals surface area (Å²) >= 11 is 0. The largest absolute Gasteiger partial charge is 0.480 e. The first-order valence-electron chi connectivity index (χ1n) is 3.30. The van der Waals surface area contributed by atoms with Crippen LogP contribution in [-0.4, -0.2) is 18.0 Å². The van der Waals surface area contributed by atoms with Crippen LogP contribution in [0.3, 0.4) is 0 Å². The van der Waals surface area contributed by atoms with Crippen molar-refractivity contribution < 1.29 is 4.74 Å². The predicted molar refractivity (Wildman–Crippen MR) is 42.8 cm³/mol. The maximum atomic E-state index is 7.33. The maximum absolute atomic E-state index is 7.33. The minimum atomic E-state index is 0.114. The minimum absolute atomic E-state index is 0.114. The molecule has 1 rings (SSSR count). The number of nitrogens with one attached hydrogen (secondary N) is 1. The van der Waals surface area contributed by atoms with Crippen LogP contribution in [0.15, 0.2) is 18.3 Å². The molecule has 0 saturated carbocycles. The first-order chi connectivity index (χ1) is 5.25. The average molecular weight is 150 g/mol. The molecule has 0 aliphatic rings. The first kappa shape index (κ1) is 7.72. The highest BCUT2D eigenvalue weighted by molar-refractivity contribution is 5.90. The molecule has 1 heterocycles. The molecule has 58 valence electrons. The highest BCUT2D eigenvalue weighted by atomic mass is 16.5. The van der Waals surface area contributed by atoms with Crippen molar-refractivity contribution in [1.29, 1.82) is 5.41 Å². The Morgan fingerprint density at radius 2 is 2.36 bits per heavy atom. The quantitative estimate of drug-likeness (QED) is 0.485. The number of methoxy groups -OCH3 is 1.